The fourth-order valence-corrected chi connectivity index (χ4v) is 2.26. The standard InChI is InChI=1S/C11H14ClN/c1-7-4-9-5-13(3)6-10(9)11(12)8(7)2/h4H,5-6H2,1-3H3. The maximum atomic E-state index is 6.28. The minimum Gasteiger partial charge on any atom is -0.298 e. The van der Waals surface area contributed by atoms with E-state index < -0.39 is 0 Å². The zero-order valence-electron chi connectivity index (χ0n) is 8.32. The van der Waals surface area contributed by atoms with Crippen LogP contribution in [0.3, 0.4) is 0 Å². The maximum Gasteiger partial charge on any atom is 0.0486 e. The molecule has 0 fully saturated rings. The lowest BCUT2D eigenvalue weighted by atomic mass is 10.0. The molecule has 0 atom stereocenters. The summed E-state index contributed by atoms with van der Waals surface area (Å²) >= 11 is 6.28. The van der Waals surface area contributed by atoms with Crippen molar-refractivity contribution in [2.45, 2.75) is 26.9 Å². The molecule has 1 aliphatic rings. The first kappa shape index (κ1) is 9.04. The molecule has 0 saturated heterocycles. The Morgan fingerprint density at radius 3 is 2.69 bits per heavy atom. The molecule has 1 nitrogen and oxygen atoms in total. The van der Waals surface area contributed by atoms with Gasteiger partial charge in [-0.05, 0) is 43.1 Å². The van der Waals surface area contributed by atoms with Gasteiger partial charge in [0.25, 0.3) is 0 Å². The fraction of sp³-hybridized carbons (Fsp3) is 0.455. The van der Waals surface area contributed by atoms with Crippen LogP contribution in [0.15, 0.2) is 6.07 Å². The van der Waals surface area contributed by atoms with Crippen LogP contribution in [0.25, 0.3) is 0 Å². The second-order valence-electron chi connectivity index (χ2n) is 3.94. The monoisotopic (exact) mass is 195 g/mol. The number of rotatable bonds is 0. The Labute approximate surface area is 84.3 Å². The molecule has 2 heteroatoms. The lowest BCUT2D eigenvalue weighted by Crippen LogP contribution is -2.07. The second-order valence-corrected chi connectivity index (χ2v) is 4.32. The Hall–Kier alpha value is -0.530. The Bertz CT molecular complexity index is 358. The molecule has 13 heavy (non-hydrogen) atoms. The first-order valence-electron chi connectivity index (χ1n) is 4.55. The van der Waals surface area contributed by atoms with Crippen LogP contribution in [-0.4, -0.2) is 11.9 Å². The van der Waals surface area contributed by atoms with Crippen LogP contribution in [0.2, 0.25) is 5.02 Å². The van der Waals surface area contributed by atoms with E-state index in [0.717, 1.165) is 18.1 Å². The molecule has 0 spiro atoms. The van der Waals surface area contributed by atoms with Gasteiger partial charge in [0.1, 0.15) is 0 Å². The number of aryl methyl sites for hydroxylation is 1. The molecule has 0 amide bonds. The summed E-state index contributed by atoms with van der Waals surface area (Å²) in [6.45, 7) is 6.25. The van der Waals surface area contributed by atoms with E-state index in [1.54, 1.807) is 0 Å². The zero-order valence-corrected chi connectivity index (χ0v) is 9.07. The van der Waals surface area contributed by atoms with Crippen molar-refractivity contribution in [3.8, 4) is 0 Å². The molecule has 2 rings (SSSR count). The molecule has 0 N–H and O–H groups in total. The van der Waals surface area contributed by atoms with Crippen molar-refractivity contribution in [1.29, 1.82) is 0 Å². The molecule has 0 saturated carbocycles. The Morgan fingerprint density at radius 1 is 1.31 bits per heavy atom. The van der Waals surface area contributed by atoms with Crippen LogP contribution in [0.1, 0.15) is 22.3 Å². The van der Waals surface area contributed by atoms with E-state index in [4.69, 9.17) is 11.6 Å². The number of hydrogen-bond donors (Lipinski definition) is 0. The molecule has 1 aromatic rings. The van der Waals surface area contributed by atoms with Gasteiger partial charge in [-0.1, -0.05) is 17.7 Å². The molecular weight excluding hydrogens is 182 g/mol. The van der Waals surface area contributed by atoms with Crippen molar-refractivity contribution in [1.82, 2.24) is 4.90 Å². The highest BCUT2D eigenvalue weighted by Gasteiger charge is 2.20. The van der Waals surface area contributed by atoms with Crippen LogP contribution in [0, 0.1) is 13.8 Å². The summed E-state index contributed by atoms with van der Waals surface area (Å²) in [5.74, 6) is 0. The Balaban J connectivity index is 2.60. The van der Waals surface area contributed by atoms with Gasteiger partial charge in [0, 0.05) is 18.1 Å². The predicted molar refractivity (Wildman–Crippen MR) is 56.1 cm³/mol. The van der Waals surface area contributed by atoms with Crippen LogP contribution < -0.4 is 0 Å². The molecular formula is C11H14ClN. The molecule has 0 bridgehead atoms. The van der Waals surface area contributed by atoms with Gasteiger partial charge in [0.05, 0.1) is 0 Å². The summed E-state index contributed by atoms with van der Waals surface area (Å²) in [7, 11) is 2.13. The molecule has 1 heterocycles. The van der Waals surface area contributed by atoms with Crippen molar-refractivity contribution < 1.29 is 0 Å². The van der Waals surface area contributed by atoms with Crippen molar-refractivity contribution in [2.75, 3.05) is 7.05 Å². The summed E-state index contributed by atoms with van der Waals surface area (Å²) < 4.78 is 0. The number of hydrogen-bond acceptors (Lipinski definition) is 1. The smallest absolute Gasteiger partial charge is 0.0486 e. The van der Waals surface area contributed by atoms with Crippen LogP contribution in [0.5, 0.6) is 0 Å². The van der Waals surface area contributed by atoms with Gasteiger partial charge in [-0.3, -0.25) is 4.90 Å². The Kier molecular flexibility index (Phi) is 2.09. The fourth-order valence-electron chi connectivity index (χ4n) is 1.93. The third kappa shape index (κ3) is 1.36. The summed E-state index contributed by atoms with van der Waals surface area (Å²) in [5.41, 5.74) is 5.26. The SMILES string of the molecule is Cc1cc2c(c(Cl)c1C)CN(C)C2. The normalized spacial score (nSPS) is 16.3. The van der Waals surface area contributed by atoms with E-state index in [-0.39, 0.29) is 0 Å². The van der Waals surface area contributed by atoms with Crippen molar-refractivity contribution >= 4 is 11.6 Å². The second kappa shape index (κ2) is 3.00. The predicted octanol–water partition coefficient (Wildman–Crippen LogP) is 2.90. The lowest BCUT2D eigenvalue weighted by molar-refractivity contribution is 0.353. The van der Waals surface area contributed by atoms with Crippen molar-refractivity contribution in [3.05, 3.63) is 33.3 Å². The first-order valence-corrected chi connectivity index (χ1v) is 4.93. The average molecular weight is 196 g/mol. The maximum absolute atomic E-state index is 6.28. The molecule has 1 aliphatic heterocycles. The van der Waals surface area contributed by atoms with E-state index in [1.807, 2.05) is 0 Å². The van der Waals surface area contributed by atoms with Gasteiger partial charge in [-0.15, -0.1) is 0 Å². The molecule has 0 radical (unpaired) electrons. The van der Waals surface area contributed by atoms with Crippen LogP contribution in [0.4, 0.5) is 0 Å². The summed E-state index contributed by atoms with van der Waals surface area (Å²) in [6.07, 6.45) is 0. The van der Waals surface area contributed by atoms with Gasteiger partial charge in [0.2, 0.25) is 0 Å². The van der Waals surface area contributed by atoms with E-state index in [2.05, 4.69) is 31.9 Å². The first-order chi connectivity index (χ1) is 6.09. The quantitative estimate of drug-likeness (QED) is 0.616. The van der Waals surface area contributed by atoms with E-state index in [0.29, 0.717) is 0 Å². The molecule has 70 valence electrons. The van der Waals surface area contributed by atoms with Crippen molar-refractivity contribution in [2.24, 2.45) is 0 Å². The zero-order chi connectivity index (χ0) is 9.59. The summed E-state index contributed by atoms with van der Waals surface area (Å²) in [4.78, 5) is 2.29. The van der Waals surface area contributed by atoms with Crippen LogP contribution >= 0.6 is 11.6 Å². The topological polar surface area (TPSA) is 3.24 Å². The van der Waals surface area contributed by atoms with Gasteiger partial charge < -0.3 is 0 Å². The summed E-state index contributed by atoms with van der Waals surface area (Å²) in [6, 6.07) is 2.26. The molecule has 0 aromatic heterocycles. The highest BCUT2D eigenvalue weighted by atomic mass is 35.5. The molecule has 0 unspecified atom stereocenters. The largest absolute Gasteiger partial charge is 0.298 e. The van der Waals surface area contributed by atoms with Gasteiger partial charge in [-0.2, -0.15) is 0 Å². The average Bonchev–Trinajstić information content (AvgIpc) is 2.42. The van der Waals surface area contributed by atoms with Gasteiger partial charge >= 0.3 is 0 Å². The van der Waals surface area contributed by atoms with Crippen LogP contribution in [-0.2, 0) is 13.1 Å². The van der Waals surface area contributed by atoms with Gasteiger partial charge in [0.15, 0.2) is 0 Å². The Morgan fingerprint density at radius 2 is 2.00 bits per heavy atom. The number of benzene rings is 1. The lowest BCUT2D eigenvalue weighted by Gasteiger charge is -2.07. The highest BCUT2D eigenvalue weighted by Crippen LogP contribution is 2.32. The molecule has 1 aromatic carbocycles. The van der Waals surface area contributed by atoms with E-state index >= 15 is 0 Å². The van der Waals surface area contributed by atoms with E-state index in [9.17, 15) is 0 Å². The highest BCUT2D eigenvalue weighted by molar-refractivity contribution is 6.32. The number of halogens is 1. The number of fused-ring (bicyclic) bond motifs is 1. The van der Waals surface area contributed by atoms with Gasteiger partial charge in [-0.25, -0.2) is 0 Å². The molecule has 0 aliphatic carbocycles. The minimum absolute atomic E-state index is 0.972. The third-order valence-corrected chi connectivity index (χ3v) is 3.34. The minimum atomic E-state index is 0.972. The van der Waals surface area contributed by atoms with Crippen molar-refractivity contribution in [3.63, 3.8) is 0 Å². The number of nitrogens with zero attached hydrogens (tertiary/aromatic N) is 1. The van der Waals surface area contributed by atoms with E-state index in [1.165, 1.54) is 22.3 Å². The summed E-state index contributed by atoms with van der Waals surface area (Å²) in [5, 5.41) is 0.972. The third-order valence-electron chi connectivity index (χ3n) is 2.83.